The minimum absolute atomic E-state index is 0.636. The summed E-state index contributed by atoms with van der Waals surface area (Å²) in [5.41, 5.74) is 0.989. The molecule has 5 nitrogen and oxygen atoms in total. The Kier molecular flexibility index (Phi) is 3.38. The van der Waals surface area contributed by atoms with Gasteiger partial charge in [0.2, 0.25) is 0 Å². The van der Waals surface area contributed by atoms with Crippen LogP contribution in [0.25, 0.3) is 5.69 Å². The van der Waals surface area contributed by atoms with E-state index in [-0.39, 0.29) is 0 Å². The minimum Gasteiger partial charge on any atom is -0.316 e. The molecule has 6 heteroatoms. The summed E-state index contributed by atoms with van der Waals surface area (Å²) in [5.74, 6) is 1.56. The van der Waals surface area contributed by atoms with E-state index >= 15 is 0 Å². The monoisotopic (exact) mass is 307 g/mol. The van der Waals surface area contributed by atoms with E-state index in [4.69, 9.17) is 0 Å². The Labute approximate surface area is 114 Å². The van der Waals surface area contributed by atoms with Gasteiger partial charge in [-0.1, -0.05) is 12.1 Å². The molecule has 1 aliphatic heterocycles. The van der Waals surface area contributed by atoms with E-state index in [9.17, 15) is 0 Å². The average Bonchev–Trinajstić information content (AvgIpc) is 3.02. The van der Waals surface area contributed by atoms with Crippen molar-refractivity contribution in [3.05, 3.63) is 34.6 Å². The standard InChI is InChI=1S/C12H14BrN5/c13-10-3-1-2-4-11(10)18-12(15-16-17-18)7-9-5-6-14-8-9/h1-4,9,14H,5-8H2. The molecule has 1 N–H and O–H groups in total. The number of rotatable bonds is 3. The summed E-state index contributed by atoms with van der Waals surface area (Å²) in [6.45, 7) is 2.16. The Hall–Kier alpha value is -1.27. The van der Waals surface area contributed by atoms with Crippen molar-refractivity contribution in [1.82, 2.24) is 25.5 Å². The van der Waals surface area contributed by atoms with Crippen LogP contribution >= 0.6 is 15.9 Å². The second-order valence-electron chi connectivity index (χ2n) is 4.52. The molecular weight excluding hydrogens is 294 g/mol. The SMILES string of the molecule is Brc1ccccc1-n1nnnc1CC1CCNC1. The highest BCUT2D eigenvalue weighted by Crippen LogP contribution is 2.22. The van der Waals surface area contributed by atoms with Crippen molar-refractivity contribution >= 4 is 15.9 Å². The van der Waals surface area contributed by atoms with Crippen LogP contribution in [0, 0.1) is 5.92 Å². The number of nitrogens with one attached hydrogen (secondary N) is 1. The Morgan fingerprint density at radius 1 is 1.39 bits per heavy atom. The van der Waals surface area contributed by atoms with Crippen molar-refractivity contribution < 1.29 is 0 Å². The maximum atomic E-state index is 4.15. The van der Waals surface area contributed by atoms with Gasteiger partial charge in [0.05, 0.1) is 5.69 Å². The molecule has 0 radical (unpaired) electrons. The Morgan fingerprint density at radius 2 is 2.28 bits per heavy atom. The summed E-state index contributed by atoms with van der Waals surface area (Å²) < 4.78 is 2.82. The lowest BCUT2D eigenvalue weighted by Gasteiger charge is -2.09. The van der Waals surface area contributed by atoms with Gasteiger partial charge >= 0.3 is 0 Å². The highest BCUT2D eigenvalue weighted by molar-refractivity contribution is 9.10. The molecule has 1 fully saturated rings. The molecule has 0 spiro atoms. The lowest BCUT2D eigenvalue weighted by molar-refractivity contribution is 0.551. The molecule has 1 saturated heterocycles. The van der Waals surface area contributed by atoms with Crippen LogP contribution in [0.5, 0.6) is 0 Å². The molecule has 1 aliphatic rings. The summed E-state index contributed by atoms with van der Waals surface area (Å²) >= 11 is 3.54. The zero-order chi connectivity index (χ0) is 12.4. The fourth-order valence-corrected chi connectivity index (χ4v) is 2.74. The maximum absolute atomic E-state index is 4.15. The first-order chi connectivity index (χ1) is 8.84. The van der Waals surface area contributed by atoms with Gasteiger partial charge in [-0.15, -0.1) is 5.10 Å². The summed E-state index contributed by atoms with van der Waals surface area (Å²) in [6, 6.07) is 7.98. The fourth-order valence-electron chi connectivity index (χ4n) is 2.29. The topological polar surface area (TPSA) is 55.6 Å². The zero-order valence-corrected chi connectivity index (χ0v) is 11.5. The highest BCUT2D eigenvalue weighted by Gasteiger charge is 2.19. The Morgan fingerprint density at radius 3 is 3.06 bits per heavy atom. The summed E-state index contributed by atoms with van der Waals surface area (Å²) in [4.78, 5) is 0. The van der Waals surface area contributed by atoms with Gasteiger partial charge in [-0.25, -0.2) is 0 Å². The van der Waals surface area contributed by atoms with E-state index in [1.807, 2.05) is 28.9 Å². The molecular formula is C12H14BrN5. The number of tetrazole rings is 1. The molecule has 2 aromatic rings. The summed E-state index contributed by atoms with van der Waals surface area (Å²) in [6.07, 6.45) is 2.12. The van der Waals surface area contributed by atoms with E-state index < -0.39 is 0 Å². The van der Waals surface area contributed by atoms with Crippen LogP contribution in [0.3, 0.4) is 0 Å². The van der Waals surface area contributed by atoms with E-state index in [1.54, 1.807) is 0 Å². The quantitative estimate of drug-likeness (QED) is 0.935. The van der Waals surface area contributed by atoms with Crippen LogP contribution < -0.4 is 5.32 Å². The van der Waals surface area contributed by atoms with Crippen molar-refractivity contribution in [3.8, 4) is 5.69 Å². The van der Waals surface area contributed by atoms with Crippen molar-refractivity contribution in [1.29, 1.82) is 0 Å². The van der Waals surface area contributed by atoms with E-state index in [2.05, 4.69) is 36.8 Å². The first-order valence-corrected chi connectivity index (χ1v) is 6.87. The van der Waals surface area contributed by atoms with Crippen molar-refractivity contribution in [2.45, 2.75) is 12.8 Å². The molecule has 1 aromatic carbocycles. The summed E-state index contributed by atoms with van der Waals surface area (Å²) in [5, 5.41) is 15.4. The molecule has 3 rings (SSSR count). The van der Waals surface area contributed by atoms with Crippen LogP contribution in [0.2, 0.25) is 0 Å². The lowest BCUT2D eigenvalue weighted by Crippen LogP contribution is -2.14. The second-order valence-corrected chi connectivity index (χ2v) is 5.38. The molecule has 0 amide bonds. The molecule has 1 atom stereocenters. The normalized spacial score (nSPS) is 19.3. The molecule has 18 heavy (non-hydrogen) atoms. The van der Waals surface area contributed by atoms with Gasteiger partial charge in [-0.2, -0.15) is 4.68 Å². The third kappa shape index (κ3) is 2.30. The van der Waals surface area contributed by atoms with Crippen LogP contribution in [0.15, 0.2) is 28.7 Å². The third-order valence-corrected chi connectivity index (χ3v) is 3.92. The molecule has 0 aliphatic carbocycles. The fraction of sp³-hybridized carbons (Fsp3) is 0.417. The number of nitrogens with zero attached hydrogens (tertiary/aromatic N) is 4. The molecule has 0 bridgehead atoms. The Bertz CT molecular complexity index is 533. The number of benzene rings is 1. The molecule has 2 heterocycles. The number of hydrogen-bond acceptors (Lipinski definition) is 4. The molecule has 1 unspecified atom stereocenters. The largest absolute Gasteiger partial charge is 0.316 e. The predicted molar refractivity (Wildman–Crippen MR) is 71.5 cm³/mol. The maximum Gasteiger partial charge on any atom is 0.157 e. The van der Waals surface area contributed by atoms with Gasteiger partial charge in [-0.3, -0.25) is 0 Å². The highest BCUT2D eigenvalue weighted by atomic mass is 79.9. The van der Waals surface area contributed by atoms with Crippen LogP contribution in [0.4, 0.5) is 0 Å². The Balaban J connectivity index is 1.89. The van der Waals surface area contributed by atoms with Crippen LogP contribution in [0.1, 0.15) is 12.2 Å². The zero-order valence-electron chi connectivity index (χ0n) is 9.88. The van der Waals surface area contributed by atoms with Gasteiger partial charge in [0.25, 0.3) is 0 Å². The van der Waals surface area contributed by atoms with Gasteiger partial charge in [0.1, 0.15) is 0 Å². The van der Waals surface area contributed by atoms with Gasteiger partial charge < -0.3 is 5.32 Å². The summed E-state index contributed by atoms with van der Waals surface area (Å²) in [7, 11) is 0. The van der Waals surface area contributed by atoms with Gasteiger partial charge in [-0.05, 0) is 63.9 Å². The van der Waals surface area contributed by atoms with Crippen molar-refractivity contribution in [2.24, 2.45) is 5.92 Å². The molecule has 94 valence electrons. The average molecular weight is 308 g/mol. The molecule has 1 aromatic heterocycles. The third-order valence-electron chi connectivity index (χ3n) is 3.25. The van der Waals surface area contributed by atoms with Crippen LogP contribution in [-0.4, -0.2) is 33.3 Å². The number of aromatic nitrogens is 4. The first-order valence-electron chi connectivity index (χ1n) is 6.07. The van der Waals surface area contributed by atoms with Crippen molar-refractivity contribution in [2.75, 3.05) is 13.1 Å². The predicted octanol–water partition coefficient (Wildman–Crippen LogP) is 1.58. The van der Waals surface area contributed by atoms with E-state index in [0.29, 0.717) is 5.92 Å². The number of para-hydroxylation sites is 1. The lowest BCUT2D eigenvalue weighted by atomic mass is 10.0. The number of hydrogen-bond donors (Lipinski definition) is 1. The first kappa shape index (κ1) is 11.8. The van der Waals surface area contributed by atoms with Gasteiger partial charge in [0.15, 0.2) is 5.82 Å². The van der Waals surface area contributed by atoms with E-state index in [0.717, 1.165) is 35.5 Å². The van der Waals surface area contributed by atoms with Crippen molar-refractivity contribution in [3.63, 3.8) is 0 Å². The van der Waals surface area contributed by atoms with E-state index in [1.165, 1.54) is 6.42 Å². The molecule has 0 saturated carbocycles. The minimum atomic E-state index is 0.636. The second kappa shape index (κ2) is 5.16. The van der Waals surface area contributed by atoms with Crippen LogP contribution in [-0.2, 0) is 6.42 Å². The smallest absolute Gasteiger partial charge is 0.157 e. The number of halogens is 1. The van der Waals surface area contributed by atoms with Gasteiger partial charge in [0, 0.05) is 10.9 Å².